The van der Waals surface area contributed by atoms with Crippen molar-refractivity contribution in [1.29, 1.82) is 5.26 Å². The van der Waals surface area contributed by atoms with Crippen LogP contribution in [0.2, 0.25) is 0 Å². The molecule has 0 saturated heterocycles. The summed E-state index contributed by atoms with van der Waals surface area (Å²) in [6.45, 7) is 0. The number of nitriles is 1. The number of hydrogen-bond acceptors (Lipinski definition) is 3. The van der Waals surface area contributed by atoms with Crippen LogP contribution in [0.5, 0.6) is 11.5 Å². The van der Waals surface area contributed by atoms with Crippen molar-refractivity contribution < 1.29 is 9.13 Å². The number of nitrogens with two attached hydrogens (primary N) is 1. The molecule has 0 spiro atoms. The van der Waals surface area contributed by atoms with Crippen LogP contribution in [0.3, 0.4) is 0 Å². The highest BCUT2D eigenvalue weighted by atomic mass is 79.9. The van der Waals surface area contributed by atoms with Crippen LogP contribution in [0.4, 0.5) is 10.1 Å². The van der Waals surface area contributed by atoms with E-state index in [2.05, 4.69) is 31.9 Å². The lowest BCUT2D eigenvalue weighted by Crippen LogP contribution is -1.95. The summed E-state index contributed by atoms with van der Waals surface area (Å²) < 4.78 is 20.0. The zero-order chi connectivity index (χ0) is 14.0. The lowest BCUT2D eigenvalue weighted by atomic mass is 10.2. The van der Waals surface area contributed by atoms with E-state index >= 15 is 0 Å². The second-order valence-electron chi connectivity index (χ2n) is 3.66. The molecule has 0 radical (unpaired) electrons. The van der Waals surface area contributed by atoms with Gasteiger partial charge in [0, 0.05) is 10.5 Å². The van der Waals surface area contributed by atoms with E-state index in [0.29, 0.717) is 11.3 Å². The average molecular weight is 386 g/mol. The molecule has 0 aromatic heterocycles. The molecule has 19 heavy (non-hydrogen) atoms. The van der Waals surface area contributed by atoms with Crippen molar-refractivity contribution in [1.82, 2.24) is 0 Å². The average Bonchev–Trinajstić information content (AvgIpc) is 2.36. The zero-order valence-corrected chi connectivity index (χ0v) is 12.6. The number of nitrogen functional groups attached to an aromatic ring is 1. The van der Waals surface area contributed by atoms with Crippen LogP contribution in [0.1, 0.15) is 5.56 Å². The number of hydrogen-bond donors (Lipinski definition) is 1. The molecule has 6 heteroatoms. The van der Waals surface area contributed by atoms with Crippen LogP contribution in [0.15, 0.2) is 39.3 Å². The number of halogens is 3. The normalized spacial score (nSPS) is 10.0. The van der Waals surface area contributed by atoms with Crippen molar-refractivity contribution in [2.24, 2.45) is 0 Å². The van der Waals surface area contributed by atoms with Crippen molar-refractivity contribution in [2.75, 3.05) is 5.73 Å². The highest BCUT2D eigenvalue weighted by Gasteiger charge is 2.11. The summed E-state index contributed by atoms with van der Waals surface area (Å²) in [7, 11) is 0. The second kappa shape index (κ2) is 5.59. The Morgan fingerprint density at radius 3 is 2.58 bits per heavy atom. The third kappa shape index (κ3) is 3.06. The smallest absolute Gasteiger partial charge is 0.153 e. The quantitative estimate of drug-likeness (QED) is 0.768. The van der Waals surface area contributed by atoms with E-state index in [0.717, 1.165) is 4.47 Å². The van der Waals surface area contributed by atoms with Gasteiger partial charge < -0.3 is 10.5 Å². The predicted molar refractivity (Wildman–Crippen MR) is 77.4 cm³/mol. The summed E-state index contributed by atoms with van der Waals surface area (Å²) in [5.74, 6) is -0.0155. The molecule has 0 bridgehead atoms. The van der Waals surface area contributed by atoms with E-state index in [1.807, 2.05) is 6.07 Å². The largest absolute Gasteiger partial charge is 0.454 e. The van der Waals surface area contributed by atoms with Gasteiger partial charge in [0.2, 0.25) is 0 Å². The molecule has 96 valence electrons. The molecule has 2 N–H and O–H groups in total. The molecule has 0 aliphatic rings. The van der Waals surface area contributed by atoms with Gasteiger partial charge in [0.25, 0.3) is 0 Å². The summed E-state index contributed by atoms with van der Waals surface area (Å²) >= 11 is 6.32. The number of anilines is 1. The van der Waals surface area contributed by atoms with Gasteiger partial charge in [-0.15, -0.1) is 0 Å². The monoisotopic (exact) mass is 384 g/mol. The third-order valence-corrected chi connectivity index (χ3v) is 3.44. The van der Waals surface area contributed by atoms with Gasteiger partial charge in [-0.2, -0.15) is 5.26 Å². The maximum Gasteiger partial charge on any atom is 0.153 e. The van der Waals surface area contributed by atoms with Crippen LogP contribution < -0.4 is 10.5 Å². The first-order valence-corrected chi connectivity index (χ1v) is 6.72. The van der Waals surface area contributed by atoms with E-state index in [-0.39, 0.29) is 15.9 Å². The summed E-state index contributed by atoms with van der Waals surface area (Å²) in [6, 6.07) is 9.52. The number of nitrogens with zero attached hydrogens (tertiary/aromatic N) is 1. The van der Waals surface area contributed by atoms with Crippen molar-refractivity contribution in [3.8, 4) is 17.6 Å². The summed E-state index contributed by atoms with van der Waals surface area (Å²) in [5, 5.41) is 9.00. The number of ether oxygens (including phenoxy) is 1. The molecule has 0 aliphatic heterocycles. The standard InChI is InChI=1S/C13H7Br2FN2O/c14-8-2-1-7(6-17)12(3-8)19-13-5-10(16)9(15)4-11(13)18/h1-5H,18H2. The molecule has 0 fully saturated rings. The van der Waals surface area contributed by atoms with E-state index in [9.17, 15) is 4.39 Å². The fraction of sp³-hybridized carbons (Fsp3) is 0. The summed E-state index contributed by atoms with van der Waals surface area (Å²) in [4.78, 5) is 0. The Balaban J connectivity index is 2.45. The number of benzene rings is 2. The fourth-order valence-electron chi connectivity index (χ4n) is 1.42. The van der Waals surface area contributed by atoms with Gasteiger partial charge in [-0.1, -0.05) is 15.9 Å². The van der Waals surface area contributed by atoms with Crippen LogP contribution in [-0.4, -0.2) is 0 Å². The predicted octanol–water partition coefficient (Wildman–Crippen LogP) is 4.60. The Kier molecular flexibility index (Phi) is 4.08. The van der Waals surface area contributed by atoms with Gasteiger partial charge >= 0.3 is 0 Å². The highest BCUT2D eigenvalue weighted by molar-refractivity contribution is 9.10. The number of rotatable bonds is 2. The zero-order valence-electron chi connectivity index (χ0n) is 9.45. The molecule has 0 unspecified atom stereocenters. The van der Waals surface area contributed by atoms with Crippen molar-refractivity contribution in [3.05, 3.63) is 50.7 Å². The van der Waals surface area contributed by atoms with Gasteiger partial charge in [0.1, 0.15) is 17.6 Å². The molecular weight excluding hydrogens is 379 g/mol. The van der Waals surface area contributed by atoms with E-state index in [1.54, 1.807) is 18.2 Å². The summed E-state index contributed by atoms with van der Waals surface area (Å²) in [6.07, 6.45) is 0. The molecule has 2 aromatic carbocycles. The van der Waals surface area contributed by atoms with Crippen molar-refractivity contribution >= 4 is 37.5 Å². The molecular formula is C13H7Br2FN2O. The Labute approximate surface area is 126 Å². The fourth-order valence-corrected chi connectivity index (χ4v) is 2.12. The Bertz CT molecular complexity index is 683. The molecule has 2 aromatic rings. The second-order valence-corrected chi connectivity index (χ2v) is 5.43. The molecule has 3 nitrogen and oxygen atoms in total. The third-order valence-electron chi connectivity index (χ3n) is 2.34. The maximum atomic E-state index is 13.5. The summed E-state index contributed by atoms with van der Waals surface area (Å²) in [5.41, 5.74) is 6.37. The van der Waals surface area contributed by atoms with Gasteiger partial charge in [0.05, 0.1) is 15.7 Å². The van der Waals surface area contributed by atoms with Gasteiger partial charge in [-0.05, 0) is 40.2 Å². The molecule has 2 rings (SSSR count). The highest BCUT2D eigenvalue weighted by Crippen LogP contribution is 2.34. The minimum atomic E-state index is -0.488. The lowest BCUT2D eigenvalue weighted by molar-refractivity contribution is 0.477. The van der Waals surface area contributed by atoms with Crippen LogP contribution in [0, 0.1) is 17.1 Å². The van der Waals surface area contributed by atoms with Gasteiger partial charge in [0.15, 0.2) is 5.75 Å². The maximum absolute atomic E-state index is 13.5. The van der Waals surface area contributed by atoms with E-state index < -0.39 is 5.82 Å². The molecule has 0 atom stereocenters. The van der Waals surface area contributed by atoms with Crippen molar-refractivity contribution in [2.45, 2.75) is 0 Å². The molecule has 0 amide bonds. The lowest BCUT2D eigenvalue weighted by Gasteiger charge is -2.11. The van der Waals surface area contributed by atoms with Gasteiger partial charge in [-0.3, -0.25) is 0 Å². The Hall–Kier alpha value is -1.58. The minimum absolute atomic E-state index is 0.162. The topological polar surface area (TPSA) is 59.0 Å². The van der Waals surface area contributed by atoms with E-state index in [4.69, 9.17) is 15.7 Å². The SMILES string of the molecule is N#Cc1ccc(Br)cc1Oc1cc(F)c(Br)cc1N. The molecule has 0 saturated carbocycles. The van der Waals surface area contributed by atoms with Crippen molar-refractivity contribution in [3.63, 3.8) is 0 Å². The van der Waals surface area contributed by atoms with Crippen LogP contribution in [-0.2, 0) is 0 Å². The Morgan fingerprint density at radius 2 is 1.89 bits per heavy atom. The van der Waals surface area contributed by atoms with Crippen LogP contribution in [0.25, 0.3) is 0 Å². The van der Waals surface area contributed by atoms with E-state index in [1.165, 1.54) is 12.1 Å². The first-order chi connectivity index (χ1) is 9.01. The minimum Gasteiger partial charge on any atom is -0.454 e. The first-order valence-electron chi connectivity index (χ1n) is 5.13. The van der Waals surface area contributed by atoms with Gasteiger partial charge in [-0.25, -0.2) is 4.39 Å². The molecule has 0 heterocycles. The molecule has 0 aliphatic carbocycles. The Morgan fingerprint density at radius 1 is 1.16 bits per heavy atom. The first kappa shape index (κ1) is 13.8. The van der Waals surface area contributed by atoms with Crippen LogP contribution >= 0.6 is 31.9 Å².